The number of halogens is 2. The van der Waals surface area contributed by atoms with Gasteiger partial charge in [0.1, 0.15) is 5.82 Å². The van der Waals surface area contributed by atoms with Crippen molar-refractivity contribution >= 4 is 11.6 Å². The zero-order valence-corrected chi connectivity index (χ0v) is 11.0. The largest absolute Gasteiger partial charge is 0.439 e. The molecule has 1 aromatic heterocycles. The molecule has 0 saturated carbocycles. The first-order valence-corrected chi connectivity index (χ1v) is 6.14. The molecule has 0 saturated heterocycles. The molecule has 1 heterocycles. The Morgan fingerprint density at radius 1 is 1.50 bits per heavy atom. The molecule has 2 aromatic rings. The number of rotatable bonds is 4. The molecule has 0 aliphatic carbocycles. The number of nitrogens with zero attached hydrogens (tertiary/aromatic N) is 1. The van der Waals surface area contributed by atoms with E-state index < -0.39 is 5.82 Å². The molecule has 0 aliphatic rings. The SMILES string of the molecule is CCNC(C)c1ncc(-c2ccc(Cl)c(F)c2)o1. The van der Waals surface area contributed by atoms with Gasteiger partial charge < -0.3 is 9.73 Å². The molecule has 0 amide bonds. The molecule has 96 valence electrons. The van der Waals surface area contributed by atoms with Gasteiger partial charge in [-0.1, -0.05) is 18.5 Å². The quantitative estimate of drug-likeness (QED) is 0.916. The van der Waals surface area contributed by atoms with Crippen LogP contribution in [0.2, 0.25) is 5.02 Å². The van der Waals surface area contributed by atoms with E-state index in [9.17, 15) is 4.39 Å². The van der Waals surface area contributed by atoms with E-state index in [4.69, 9.17) is 16.0 Å². The normalized spacial score (nSPS) is 12.7. The van der Waals surface area contributed by atoms with Crippen molar-refractivity contribution in [1.29, 1.82) is 0 Å². The van der Waals surface area contributed by atoms with Crippen LogP contribution in [0.25, 0.3) is 11.3 Å². The predicted molar refractivity (Wildman–Crippen MR) is 69.0 cm³/mol. The van der Waals surface area contributed by atoms with Crippen molar-refractivity contribution in [3.63, 3.8) is 0 Å². The van der Waals surface area contributed by atoms with Gasteiger partial charge in [0, 0.05) is 5.56 Å². The van der Waals surface area contributed by atoms with Gasteiger partial charge in [-0.3, -0.25) is 0 Å². The Balaban J connectivity index is 2.26. The third kappa shape index (κ3) is 2.71. The first kappa shape index (κ1) is 13.1. The van der Waals surface area contributed by atoms with Crippen LogP contribution in [-0.2, 0) is 0 Å². The lowest BCUT2D eigenvalue weighted by molar-refractivity contribution is 0.429. The number of oxazole rings is 1. The highest BCUT2D eigenvalue weighted by atomic mass is 35.5. The minimum atomic E-state index is -0.466. The maximum atomic E-state index is 13.3. The topological polar surface area (TPSA) is 38.1 Å². The number of hydrogen-bond donors (Lipinski definition) is 1. The summed E-state index contributed by atoms with van der Waals surface area (Å²) in [5, 5.41) is 3.29. The van der Waals surface area contributed by atoms with Gasteiger partial charge in [-0.25, -0.2) is 9.37 Å². The fourth-order valence-corrected chi connectivity index (χ4v) is 1.78. The zero-order chi connectivity index (χ0) is 13.1. The fraction of sp³-hybridized carbons (Fsp3) is 0.308. The van der Waals surface area contributed by atoms with Crippen LogP contribution in [0.15, 0.2) is 28.8 Å². The van der Waals surface area contributed by atoms with E-state index in [1.807, 2.05) is 13.8 Å². The van der Waals surface area contributed by atoms with Gasteiger partial charge >= 0.3 is 0 Å². The summed E-state index contributed by atoms with van der Waals surface area (Å²) in [7, 11) is 0. The lowest BCUT2D eigenvalue weighted by atomic mass is 10.2. The lowest BCUT2D eigenvalue weighted by Crippen LogP contribution is -2.17. The second kappa shape index (κ2) is 5.50. The molecule has 18 heavy (non-hydrogen) atoms. The Bertz CT molecular complexity index is 542. The summed E-state index contributed by atoms with van der Waals surface area (Å²) < 4.78 is 18.9. The van der Waals surface area contributed by atoms with Gasteiger partial charge in [-0.2, -0.15) is 0 Å². The minimum Gasteiger partial charge on any atom is -0.439 e. The molecule has 0 fully saturated rings. The van der Waals surface area contributed by atoms with E-state index in [1.165, 1.54) is 12.1 Å². The summed E-state index contributed by atoms with van der Waals surface area (Å²) in [6.45, 7) is 4.80. The van der Waals surface area contributed by atoms with E-state index in [0.717, 1.165) is 6.54 Å². The summed E-state index contributed by atoms with van der Waals surface area (Å²) in [6.07, 6.45) is 1.59. The standard InChI is InChI=1S/C13H14ClFN2O/c1-3-16-8(2)13-17-7-12(18-13)9-4-5-10(14)11(15)6-9/h4-8,16H,3H2,1-2H3. The molecule has 0 radical (unpaired) electrons. The van der Waals surface area contributed by atoms with Crippen molar-refractivity contribution in [2.24, 2.45) is 0 Å². The van der Waals surface area contributed by atoms with Gasteiger partial charge in [0.2, 0.25) is 5.89 Å². The van der Waals surface area contributed by atoms with Crippen LogP contribution in [-0.4, -0.2) is 11.5 Å². The first-order valence-electron chi connectivity index (χ1n) is 5.76. The van der Waals surface area contributed by atoms with Crippen LogP contribution in [0.5, 0.6) is 0 Å². The monoisotopic (exact) mass is 268 g/mol. The number of benzene rings is 1. The van der Waals surface area contributed by atoms with Crippen LogP contribution in [0, 0.1) is 5.82 Å². The Morgan fingerprint density at radius 3 is 2.94 bits per heavy atom. The Hall–Kier alpha value is -1.39. The van der Waals surface area contributed by atoms with Gasteiger partial charge in [-0.15, -0.1) is 0 Å². The Kier molecular flexibility index (Phi) is 3.99. The van der Waals surface area contributed by atoms with E-state index in [-0.39, 0.29) is 11.1 Å². The molecule has 1 aromatic carbocycles. The fourth-order valence-electron chi connectivity index (χ4n) is 1.66. The van der Waals surface area contributed by atoms with Crippen molar-refractivity contribution in [2.75, 3.05) is 6.54 Å². The van der Waals surface area contributed by atoms with Gasteiger partial charge in [0.25, 0.3) is 0 Å². The van der Waals surface area contributed by atoms with Gasteiger partial charge in [-0.05, 0) is 31.7 Å². The van der Waals surface area contributed by atoms with Crippen LogP contribution in [0.1, 0.15) is 25.8 Å². The van der Waals surface area contributed by atoms with Crippen LogP contribution in [0.4, 0.5) is 4.39 Å². The van der Waals surface area contributed by atoms with E-state index in [2.05, 4.69) is 10.3 Å². The molecule has 1 N–H and O–H groups in total. The van der Waals surface area contributed by atoms with Crippen LogP contribution in [0.3, 0.4) is 0 Å². The van der Waals surface area contributed by atoms with Crippen LogP contribution < -0.4 is 5.32 Å². The van der Waals surface area contributed by atoms with Gasteiger partial charge in [0.05, 0.1) is 17.3 Å². The van der Waals surface area contributed by atoms with Crippen molar-refractivity contribution in [1.82, 2.24) is 10.3 Å². The van der Waals surface area contributed by atoms with Crippen LogP contribution >= 0.6 is 11.6 Å². The van der Waals surface area contributed by atoms with E-state index in [1.54, 1.807) is 12.3 Å². The average molecular weight is 269 g/mol. The summed E-state index contributed by atoms with van der Waals surface area (Å²) in [5.74, 6) is 0.652. The molecule has 2 rings (SSSR count). The second-order valence-electron chi connectivity index (χ2n) is 3.97. The molecule has 1 unspecified atom stereocenters. The predicted octanol–water partition coefficient (Wildman–Crippen LogP) is 3.80. The maximum Gasteiger partial charge on any atom is 0.211 e. The average Bonchev–Trinajstić information content (AvgIpc) is 2.82. The molecule has 0 spiro atoms. The highest BCUT2D eigenvalue weighted by Crippen LogP contribution is 2.26. The summed E-state index contributed by atoms with van der Waals surface area (Å²) >= 11 is 5.63. The Morgan fingerprint density at radius 2 is 2.28 bits per heavy atom. The number of hydrogen-bond acceptors (Lipinski definition) is 3. The van der Waals surface area contributed by atoms with E-state index in [0.29, 0.717) is 17.2 Å². The maximum absolute atomic E-state index is 13.3. The molecule has 0 aliphatic heterocycles. The third-order valence-electron chi connectivity index (χ3n) is 2.61. The molecular weight excluding hydrogens is 255 g/mol. The first-order chi connectivity index (χ1) is 8.61. The molecule has 1 atom stereocenters. The Labute approximate surface area is 110 Å². The third-order valence-corrected chi connectivity index (χ3v) is 2.91. The zero-order valence-electron chi connectivity index (χ0n) is 10.2. The number of aromatic nitrogens is 1. The molecule has 5 heteroatoms. The molecule has 3 nitrogen and oxygen atoms in total. The van der Waals surface area contributed by atoms with E-state index >= 15 is 0 Å². The number of nitrogens with one attached hydrogen (secondary N) is 1. The van der Waals surface area contributed by atoms with Crippen molar-refractivity contribution in [2.45, 2.75) is 19.9 Å². The van der Waals surface area contributed by atoms with Crippen molar-refractivity contribution in [3.05, 3.63) is 41.1 Å². The van der Waals surface area contributed by atoms with Gasteiger partial charge in [0.15, 0.2) is 5.76 Å². The summed E-state index contributed by atoms with van der Waals surface area (Å²) in [5.41, 5.74) is 0.624. The summed E-state index contributed by atoms with van der Waals surface area (Å²) in [6, 6.07) is 4.57. The molecule has 0 bridgehead atoms. The molecular formula is C13H14ClFN2O. The highest BCUT2D eigenvalue weighted by molar-refractivity contribution is 6.30. The smallest absolute Gasteiger partial charge is 0.211 e. The second-order valence-corrected chi connectivity index (χ2v) is 4.38. The van der Waals surface area contributed by atoms with Crippen molar-refractivity contribution in [3.8, 4) is 11.3 Å². The minimum absolute atomic E-state index is 0.0286. The summed E-state index contributed by atoms with van der Waals surface area (Å²) in [4.78, 5) is 4.18. The van der Waals surface area contributed by atoms with Crippen molar-refractivity contribution < 1.29 is 8.81 Å². The highest BCUT2D eigenvalue weighted by Gasteiger charge is 2.13. The lowest BCUT2D eigenvalue weighted by Gasteiger charge is -2.06.